The molecule has 1 saturated heterocycles. The molecule has 0 bridgehead atoms. The Morgan fingerprint density at radius 2 is 1.88 bits per heavy atom. The number of benzene rings is 1. The largest absolute Gasteiger partial charge is 0.392 e. The van der Waals surface area contributed by atoms with Crippen LogP contribution in [0.25, 0.3) is 0 Å². The summed E-state index contributed by atoms with van der Waals surface area (Å²) in [5.41, 5.74) is 1.99. The molecule has 4 nitrogen and oxygen atoms in total. The van der Waals surface area contributed by atoms with E-state index in [2.05, 4.69) is 5.32 Å². The lowest BCUT2D eigenvalue weighted by Crippen LogP contribution is -2.29. The highest BCUT2D eigenvalue weighted by atomic mass is 32.2. The molecule has 94 valence electrons. The van der Waals surface area contributed by atoms with Crippen molar-refractivity contribution in [2.24, 2.45) is 0 Å². The van der Waals surface area contributed by atoms with Crippen LogP contribution in [-0.2, 0) is 23.0 Å². The molecule has 17 heavy (non-hydrogen) atoms. The predicted molar refractivity (Wildman–Crippen MR) is 66.3 cm³/mol. The molecule has 0 radical (unpaired) electrons. The van der Waals surface area contributed by atoms with Crippen molar-refractivity contribution in [2.75, 3.05) is 11.5 Å². The van der Waals surface area contributed by atoms with Crippen LogP contribution in [0.2, 0.25) is 0 Å². The van der Waals surface area contributed by atoms with Gasteiger partial charge in [-0.2, -0.15) is 0 Å². The molecule has 5 heteroatoms. The Kier molecular flexibility index (Phi) is 3.81. The van der Waals surface area contributed by atoms with Crippen molar-refractivity contribution in [3.63, 3.8) is 0 Å². The minimum atomic E-state index is -2.81. The molecule has 1 aromatic carbocycles. The average Bonchev–Trinajstić information content (AvgIpc) is 2.67. The molecule has 0 spiro atoms. The SMILES string of the molecule is O=S1(=O)CCC(NCc2ccc(CO)cc2)C1. The molecule has 0 aromatic heterocycles. The second-order valence-electron chi connectivity index (χ2n) is 4.46. The van der Waals surface area contributed by atoms with E-state index in [1.165, 1.54) is 0 Å². The van der Waals surface area contributed by atoms with E-state index in [9.17, 15) is 8.42 Å². The van der Waals surface area contributed by atoms with Gasteiger partial charge in [-0.1, -0.05) is 24.3 Å². The summed E-state index contributed by atoms with van der Waals surface area (Å²) in [6.07, 6.45) is 0.705. The summed E-state index contributed by atoms with van der Waals surface area (Å²) in [5.74, 6) is 0.551. The maximum absolute atomic E-state index is 11.3. The summed E-state index contributed by atoms with van der Waals surface area (Å²) < 4.78 is 22.5. The Morgan fingerprint density at radius 1 is 1.24 bits per heavy atom. The average molecular weight is 255 g/mol. The fourth-order valence-electron chi connectivity index (χ4n) is 1.98. The Labute approximate surface area is 102 Å². The van der Waals surface area contributed by atoms with Gasteiger partial charge in [-0.25, -0.2) is 8.42 Å². The van der Waals surface area contributed by atoms with Crippen LogP contribution in [0.15, 0.2) is 24.3 Å². The van der Waals surface area contributed by atoms with Crippen LogP contribution in [0.1, 0.15) is 17.5 Å². The molecule has 2 N–H and O–H groups in total. The number of nitrogens with one attached hydrogen (secondary N) is 1. The molecular formula is C12H17NO3S. The zero-order valence-electron chi connectivity index (χ0n) is 9.59. The molecule has 1 aliphatic heterocycles. The normalized spacial score (nSPS) is 22.8. The van der Waals surface area contributed by atoms with Crippen molar-refractivity contribution >= 4 is 9.84 Å². The number of rotatable bonds is 4. The fourth-order valence-corrected chi connectivity index (χ4v) is 3.69. The van der Waals surface area contributed by atoms with Gasteiger partial charge in [0.15, 0.2) is 9.84 Å². The van der Waals surface area contributed by atoms with Gasteiger partial charge < -0.3 is 10.4 Å². The maximum Gasteiger partial charge on any atom is 0.151 e. The van der Waals surface area contributed by atoms with Gasteiger partial charge >= 0.3 is 0 Å². The van der Waals surface area contributed by atoms with E-state index in [0.717, 1.165) is 11.1 Å². The standard InChI is InChI=1S/C12H17NO3S/c14-8-11-3-1-10(2-4-11)7-13-12-5-6-17(15,16)9-12/h1-4,12-14H,5-9H2. The summed E-state index contributed by atoms with van der Waals surface area (Å²) in [7, 11) is -2.81. The summed E-state index contributed by atoms with van der Waals surface area (Å²) in [6.45, 7) is 0.723. The van der Waals surface area contributed by atoms with Crippen LogP contribution in [0.4, 0.5) is 0 Å². The van der Waals surface area contributed by atoms with E-state index < -0.39 is 9.84 Å². The summed E-state index contributed by atoms with van der Waals surface area (Å²) >= 11 is 0. The fraction of sp³-hybridized carbons (Fsp3) is 0.500. The predicted octanol–water partition coefficient (Wildman–Crippen LogP) is 0.456. The number of hydrogen-bond acceptors (Lipinski definition) is 4. The first-order chi connectivity index (χ1) is 8.09. The van der Waals surface area contributed by atoms with Gasteiger partial charge in [-0.05, 0) is 17.5 Å². The second kappa shape index (κ2) is 5.16. The van der Waals surface area contributed by atoms with Crippen LogP contribution >= 0.6 is 0 Å². The number of aliphatic hydroxyl groups excluding tert-OH is 1. The van der Waals surface area contributed by atoms with Crippen molar-refractivity contribution in [3.05, 3.63) is 35.4 Å². The van der Waals surface area contributed by atoms with Gasteiger partial charge in [-0.15, -0.1) is 0 Å². The van der Waals surface area contributed by atoms with Gasteiger partial charge in [-0.3, -0.25) is 0 Å². The first kappa shape index (κ1) is 12.5. The molecule has 1 heterocycles. The van der Waals surface area contributed by atoms with E-state index in [-0.39, 0.29) is 18.4 Å². The highest BCUT2D eigenvalue weighted by Gasteiger charge is 2.27. The van der Waals surface area contributed by atoms with E-state index >= 15 is 0 Å². The molecule has 1 atom stereocenters. The molecular weight excluding hydrogens is 238 g/mol. The van der Waals surface area contributed by atoms with Crippen molar-refractivity contribution in [3.8, 4) is 0 Å². The van der Waals surface area contributed by atoms with E-state index in [1.54, 1.807) is 0 Å². The van der Waals surface area contributed by atoms with Crippen LogP contribution in [-0.4, -0.2) is 31.1 Å². The van der Waals surface area contributed by atoms with Crippen molar-refractivity contribution in [1.82, 2.24) is 5.32 Å². The van der Waals surface area contributed by atoms with E-state index in [1.807, 2.05) is 24.3 Å². The molecule has 1 unspecified atom stereocenters. The molecule has 0 amide bonds. The molecule has 0 aliphatic carbocycles. The maximum atomic E-state index is 11.3. The Bertz CT molecular complexity index is 467. The van der Waals surface area contributed by atoms with Gasteiger partial charge in [0.25, 0.3) is 0 Å². The van der Waals surface area contributed by atoms with Crippen LogP contribution < -0.4 is 5.32 Å². The lowest BCUT2D eigenvalue weighted by atomic mass is 10.1. The van der Waals surface area contributed by atoms with E-state index in [0.29, 0.717) is 18.7 Å². The van der Waals surface area contributed by atoms with Gasteiger partial charge in [0.05, 0.1) is 18.1 Å². The summed E-state index contributed by atoms with van der Waals surface area (Å²) in [4.78, 5) is 0. The number of aliphatic hydroxyl groups is 1. The van der Waals surface area contributed by atoms with Crippen LogP contribution in [0.3, 0.4) is 0 Å². The zero-order valence-corrected chi connectivity index (χ0v) is 10.4. The van der Waals surface area contributed by atoms with E-state index in [4.69, 9.17) is 5.11 Å². The highest BCUT2D eigenvalue weighted by Crippen LogP contribution is 2.12. The molecule has 1 fully saturated rings. The quantitative estimate of drug-likeness (QED) is 0.820. The van der Waals surface area contributed by atoms with Crippen LogP contribution in [0, 0.1) is 0 Å². The smallest absolute Gasteiger partial charge is 0.151 e. The number of sulfone groups is 1. The van der Waals surface area contributed by atoms with Crippen molar-refractivity contribution in [2.45, 2.75) is 25.6 Å². The molecule has 1 aromatic rings. The lowest BCUT2D eigenvalue weighted by Gasteiger charge is -2.10. The van der Waals surface area contributed by atoms with Crippen LogP contribution in [0.5, 0.6) is 0 Å². The third-order valence-corrected chi connectivity index (χ3v) is 4.80. The first-order valence-electron chi connectivity index (χ1n) is 5.71. The summed E-state index contributed by atoms with van der Waals surface area (Å²) in [6, 6.07) is 7.73. The van der Waals surface area contributed by atoms with Gasteiger partial charge in [0.1, 0.15) is 0 Å². The third kappa shape index (κ3) is 3.52. The lowest BCUT2D eigenvalue weighted by molar-refractivity contribution is 0.282. The Morgan fingerprint density at radius 3 is 2.41 bits per heavy atom. The minimum Gasteiger partial charge on any atom is -0.392 e. The number of hydrogen-bond donors (Lipinski definition) is 2. The molecule has 2 rings (SSSR count). The van der Waals surface area contributed by atoms with Gasteiger partial charge in [0.2, 0.25) is 0 Å². The Hall–Kier alpha value is -0.910. The van der Waals surface area contributed by atoms with Gasteiger partial charge in [0, 0.05) is 12.6 Å². The monoisotopic (exact) mass is 255 g/mol. The van der Waals surface area contributed by atoms with Crippen molar-refractivity contribution in [1.29, 1.82) is 0 Å². The molecule has 1 aliphatic rings. The first-order valence-corrected chi connectivity index (χ1v) is 7.54. The second-order valence-corrected chi connectivity index (χ2v) is 6.68. The topological polar surface area (TPSA) is 66.4 Å². The zero-order chi connectivity index (χ0) is 12.3. The third-order valence-electron chi connectivity index (χ3n) is 3.03. The van der Waals surface area contributed by atoms with Crippen molar-refractivity contribution < 1.29 is 13.5 Å². The highest BCUT2D eigenvalue weighted by molar-refractivity contribution is 7.91. The minimum absolute atomic E-state index is 0.0502. The molecule has 0 saturated carbocycles. The summed E-state index contributed by atoms with van der Waals surface area (Å²) in [5, 5.41) is 12.2. The Balaban J connectivity index is 1.86.